The number of benzene rings is 1. The van der Waals surface area contributed by atoms with Crippen LogP contribution in [-0.4, -0.2) is 44.0 Å². The van der Waals surface area contributed by atoms with E-state index in [2.05, 4.69) is 71.1 Å². The monoisotopic (exact) mass is 395 g/mol. The number of carbonyl (C=O) groups is 1. The molecule has 0 spiro atoms. The van der Waals surface area contributed by atoms with E-state index in [0.717, 1.165) is 44.7 Å². The molecule has 0 aliphatic carbocycles. The van der Waals surface area contributed by atoms with Crippen LogP contribution in [0, 0.1) is 0 Å². The molecule has 0 saturated carbocycles. The van der Waals surface area contributed by atoms with E-state index in [0.29, 0.717) is 5.56 Å². The van der Waals surface area contributed by atoms with Crippen LogP contribution in [0.4, 0.5) is 5.69 Å². The lowest BCUT2D eigenvalue weighted by Gasteiger charge is -2.27. The van der Waals surface area contributed by atoms with Gasteiger partial charge >= 0.3 is 0 Å². The summed E-state index contributed by atoms with van der Waals surface area (Å²) in [5.74, 6) is -0.548. The molecule has 6 heteroatoms. The number of allylic oxidation sites excluding steroid dienone is 5. The Morgan fingerprint density at radius 3 is 2.66 bits per heavy atom. The highest BCUT2D eigenvalue weighted by molar-refractivity contribution is 6.00. The summed E-state index contributed by atoms with van der Waals surface area (Å²) in [5.41, 5.74) is 11.1. The summed E-state index contributed by atoms with van der Waals surface area (Å²) in [6.07, 6.45) is 12.9. The molecular weight excluding hydrogens is 362 g/mol. The Kier molecular flexibility index (Phi) is 11.9. The Labute approximate surface area is 174 Å². The number of amides is 1. The molecule has 0 radical (unpaired) electrons. The minimum atomic E-state index is -0.548. The van der Waals surface area contributed by atoms with Crippen molar-refractivity contribution in [3.63, 3.8) is 0 Å². The number of rotatable bonds is 12. The fraction of sp³-hybridized carbons (Fsp3) is 0.435. The molecule has 0 bridgehead atoms. The van der Waals surface area contributed by atoms with Crippen LogP contribution >= 0.6 is 0 Å². The van der Waals surface area contributed by atoms with Gasteiger partial charge in [0.25, 0.3) is 5.91 Å². The standard InChI is InChI=1S/C23H33N5O/c1-5-12-20(13-6-2)14-10-11-17-27(4)18-19-28(7-3)22-16-9-8-15-21(22)23(29)25-26-24/h5,8-12,14-16H,6-7,13,17-19H2,1-4H3/b11-10+,12-5-,20-14+. The molecule has 1 rings (SSSR count). The minimum Gasteiger partial charge on any atom is -0.370 e. The number of anilines is 1. The zero-order valence-electron chi connectivity index (χ0n) is 18.1. The van der Waals surface area contributed by atoms with Crippen molar-refractivity contribution in [2.75, 3.05) is 38.1 Å². The van der Waals surface area contributed by atoms with Gasteiger partial charge in [-0.3, -0.25) is 4.79 Å². The van der Waals surface area contributed by atoms with E-state index >= 15 is 0 Å². The summed E-state index contributed by atoms with van der Waals surface area (Å²) >= 11 is 0. The molecule has 0 aromatic heterocycles. The lowest BCUT2D eigenvalue weighted by molar-refractivity contribution is 0.100. The van der Waals surface area contributed by atoms with Crippen molar-refractivity contribution < 1.29 is 4.79 Å². The third-order valence-corrected chi connectivity index (χ3v) is 4.53. The van der Waals surface area contributed by atoms with Gasteiger partial charge in [0.1, 0.15) is 0 Å². The smallest absolute Gasteiger partial charge is 0.251 e. The van der Waals surface area contributed by atoms with Crippen LogP contribution in [0.1, 0.15) is 44.0 Å². The van der Waals surface area contributed by atoms with Gasteiger partial charge in [0.15, 0.2) is 0 Å². The minimum absolute atomic E-state index is 0.437. The molecule has 0 saturated heterocycles. The van der Waals surface area contributed by atoms with Crippen molar-refractivity contribution in [2.45, 2.75) is 33.6 Å². The molecule has 0 aliphatic rings. The van der Waals surface area contributed by atoms with E-state index in [-0.39, 0.29) is 0 Å². The summed E-state index contributed by atoms with van der Waals surface area (Å²) in [5, 5.41) is 3.24. The quantitative estimate of drug-likeness (QED) is 0.196. The van der Waals surface area contributed by atoms with E-state index in [1.807, 2.05) is 19.1 Å². The zero-order chi connectivity index (χ0) is 21.5. The number of para-hydroxylation sites is 1. The highest BCUT2D eigenvalue weighted by Gasteiger charge is 2.14. The van der Waals surface area contributed by atoms with Gasteiger partial charge in [-0.05, 0) is 55.7 Å². The topological polar surface area (TPSA) is 72.3 Å². The Morgan fingerprint density at radius 1 is 1.24 bits per heavy atom. The largest absolute Gasteiger partial charge is 0.370 e. The molecule has 1 aromatic carbocycles. The number of likely N-dealkylation sites (N-methyl/N-ethyl adjacent to an activating group) is 2. The molecule has 0 atom stereocenters. The fourth-order valence-corrected chi connectivity index (χ4v) is 3.01. The van der Waals surface area contributed by atoms with E-state index in [9.17, 15) is 4.79 Å². The molecule has 29 heavy (non-hydrogen) atoms. The van der Waals surface area contributed by atoms with Gasteiger partial charge in [0, 0.05) is 42.3 Å². The number of hydrogen-bond donors (Lipinski definition) is 0. The Hall–Kier alpha value is -2.82. The second-order valence-electron chi connectivity index (χ2n) is 6.77. The van der Waals surface area contributed by atoms with Gasteiger partial charge in [-0.2, -0.15) is 0 Å². The van der Waals surface area contributed by atoms with Crippen molar-refractivity contribution in [1.29, 1.82) is 0 Å². The van der Waals surface area contributed by atoms with Crippen LogP contribution in [0.15, 0.2) is 65.3 Å². The van der Waals surface area contributed by atoms with Gasteiger partial charge in [-0.1, -0.05) is 55.9 Å². The molecular formula is C23H33N5O. The summed E-state index contributed by atoms with van der Waals surface area (Å²) in [6, 6.07) is 7.27. The van der Waals surface area contributed by atoms with E-state index < -0.39 is 5.91 Å². The predicted octanol–water partition coefficient (Wildman–Crippen LogP) is 5.75. The van der Waals surface area contributed by atoms with Crippen molar-refractivity contribution in [1.82, 2.24) is 4.90 Å². The summed E-state index contributed by atoms with van der Waals surface area (Å²) in [6.45, 7) is 9.51. The van der Waals surface area contributed by atoms with Crippen LogP contribution in [0.2, 0.25) is 0 Å². The number of carbonyl (C=O) groups excluding carboxylic acids is 1. The summed E-state index contributed by atoms with van der Waals surface area (Å²) in [4.78, 5) is 19.1. The lowest BCUT2D eigenvalue weighted by atomic mass is 10.1. The second kappa shape index (κ2) is 14.2. The van der Waals surface area contributed by atoms with Crippen molar-refractivity contribution in [2.24, 2.45) is 5.11 Å². The van der Waals surface area contributed by atoms with Crippen molar-refractivity contribution in [3.8, 4) is 0 Å². The summed E-state index contributed by atoms with van der Waals surface area (Å²) in [7, 11) is 2.08. The molecule has 1 amide bonds. The van der Waals surface area contributed by atoms with Gasteiger partial charge in [0.2, 0.25) is 0 Å². The predicted molar refractivity (Wildman–Crippen MR) is 122 cm³/mol. The first kappa shape index (κ1) is 24.2. The molecule has 0 N–H and O–H groups in total. The maximum atomic E-state index is 12.1. The fourth-order valence-electron chi connectivity index (χ4n) is 3.01. The first-order valence-electron chi connectivity index (χ1n) is 10.2. The summed E-state index contributed by atoms with van der Waals surface area (Å²) < 4.78 is 0. The third kappa shape index (κ3) is 8.81. The number of azide groups is 1. The van der Waals surface area contributed by atoms with Crippen LogP contribution < -0.4 is 4.90 Å². The maximum absolute atomic E-state index is 12.1. The molecule has 156 valence electrons. The molecule has 0 unspecified atom stereocenters. The van der Waals surface area contributed by atoms with Gasteiger partial charge < -0.3 is 9.80 Å². The van der Waals surface area contributed by atoms with E-state index in [4.69, 9.17) is 5.53 Å². The average Bonchev–Trinajstić information content (AvgIpc) is 2.72. The number of nitrogens with zero attached hydrogens (tertiary/aromatic N) is 5. The number of hydrogen-bond acceptors (Lipinski definition) is 3. The van der Waals surface area contributed by atoms with Crippen LogP contribution in [0.3, 0.4) is 0 Å². The molecule has 0 aliphatic heterocycles. The van der Waals surface area contributed by atoms with Gasteiger partial charge in [0.05, 0.1) is 0 Å². The van der Waals surface area contributed by atoms with Crippen molar-refractivity contribution in [3.05, 3.63) is 76.2 Å². The van der Waals surface area contributed by atoms with Crippen LogP contribution in [0.25, 0.3) is 10.4 Å². The van der Waals surface area contributed by atoms with E-state index in [1.54, 1.807) is 12.1 Å². The Bertz CT molecular complexity index is 775. The van der Waals surface area contributed by atoms with Crippen LogP contribution in [-0.2, 0) is 0 Å². The SMILES string of the molecule is C\C=C/C(=C\C=C\CN(C)CCN(CC)c1ccccc1C(=O)N=[N+]=[N-])CCC. The first-order chi connectivity index (χ1) is 14.1. The van der Waals surface area contributed by atoms with Crippen molar-refractivity contribution >= 4 is 11.6 Å². The van der Waals surface area contributed by atoms with Gasteiger partial charge in [-0.25, -0.2) is 0 Å². The van der Waals surface area contributed by atoms with E-state index in [1.165, 1.54) is 5.57 Å². The molecule has 0 heterocycles. The first-order valence-corrected chi connectivity index (χ1v) is 10.2. The highest BCUT2D eigenvalue weighted by Crippen LogP contribution is 2.21. The second-order valence-corrected chi connectivity index (χ2v) is 6.77. The Balaban J connectivity index is 2.69. The molecule has 6 nitrogen and oxygen atoms in total. The van der Waals surface area contributed by atoms with Gasteiger partial charge in [-0.15, -0.1) is 0 Å². The average molecular weight is 396 g/mol. The molecule has 1 aromatic rings. The third-order valence-electron chi connectivity index (χ3n) is 4.53. The Morgan fingerprint density at radius 2 is 2.00 bits per heavy atom. The van der Waals surface area contributed by atoms with Crippen LogP contribution in [0.5, 0.6) is 0 Å². The lowest BCUT2D eigenvalue weighted by Crippen LogP contribution is -2.34. The normalized spacial score (nSPS) is 12.0. The molecule has 0 fully saturated rings. The zero-order valence-corrected chi connectivity index (χ0v) is 18.1. The highest BCUT2D eigenvalue weighted by atomic mass is 16.1. The maximum Gasteiger partial charge on any atom is 0.251 e.